The van der Waals surface area contributed by atoms with Gasteiger partial charge in [-0.2, -0.15) is 0 Å². The second-order valence-corrected chi connectivity index (χ2v) is 3.86. The fourth-order valence-corrected chi connectivity index (χ4v) is 2.15. The third-order valence-corrected chi connectivity index (χ3v) is 2.83. The van der Waals surface area contributed by atoms with Crippen LogP contribution in [0.15, 0.2) is 24.5 Å². The number of carboxylic acids is 1. The maximum absolute atomic E-state index is 10.7. The molecule has 80 valence electrons. The largest absolute Gasteiger partial charge is 0.481 e. The lowest BCUT2D eigenvalue weighted by Crippen LogP contribution is -2.19. The maximum atomic E-state index is 10.7. The molecule has 1 aliphatic heterocycles. The van der Waals surface area contributed by atoms with E-state index < -0.39 is 5.97 Å². The second kappa shape index (κ2) is 4.40. The smallest absolute Gasteiger partial charge is 0.303 e. The predicted molar refractivity (Wildman–Crippen MR) is 55.3 cm³/mol. The molecule has 0 aliphatic carbocycles. The van der Waals surface area contributed by atoms with Crippen LogP contribution in [0, 0.1) is 5.92 Å². The Morgan fingerprint density at radius 1 is 1.67 bits per heavy atom. The van der Waals surface area contributed by atoms with Gasteiger partial charge >= 0.3 is 5.97 Å². The van der Waals surface area contributed by atoms with Gasteiger partial charge in [0.15, 0.2) is 0 Å². The van der Waals surface area contributed by atoms with Crippen LogP contribution in [0.25, 0.3) is 0 Å². The van der Waals surface area contributed by atoms with E-state index in [1.54, 1.807) is 12.4 Å². The quantitative estimate of drug-likeness (QED) is 0.780. The van der Waals surface area contributed by atoms with Crippen molar-refractivity contribution in [2.45, 2.75) is 18.9 Å². The average Bonchev–Trinajstić information content (AvgIpc) is 2.66. The summed E-state index contributed by atoms with van der Waals surface area (Å²) in [7, 11) is 0. The Kier molecular flexibility index (Phi) is 2.97. The highest BCUT2D eigenvalue weighted by molar-refractivity contribution is 5.67. The van der Waals surface area contributed by atoms with E-state index >= 15 is 0 Å². The molecular formula is C11H14N2O2. The van der Waals surface area contributed by atoms with Crippen LogP contribution in [0.1, 0.15) is 24.4 Å². The van der Waals surface area contributed by atoms with Crippen molar-refractivity contribution in [3.63, 3.8) is 0 Å². The number of hydrogen-bond donors (Lipinski definition) is 2. The minimum atomic E-state index is -0.724. The molecule has 0 radical (unpaired) electrons. The second-order valence-electron chi connectivity index (χ2n) is 3.86. The number of carboxylic acid groups (broad SMARTS) is 1. The zero-order valence-electron chi connectivity index (χ0n) is 8.39. The summed E-state index contributed by atoms with van der Waals surface area (Å²) in [5.41, 5.74) is 1.08. The number of pyridine rings is 1. The first-order valence-corrected chi connectivity index (χ1v) is 5.12. The molecule has 1 aromatic rings. The van der Waals surface area contributed by atoms with E-state index in [2.05, 4.69) is 10.3 Å². The Morgan fingerprint density at radius 3 is 3.20 bits per heavy atom. The molecule has 4 heteroatoms. The van der Waals surface area contributed by atoms with Crippen molar-refractivity contribution in [3.05, 3.63) is 30.1 Å². The highest BCUT2D eigenvalue weighted by atomic mass is 16.4. The molecule has 2 atom stereocenters. The predicted octanol–water partition coefficient (Wildman–Crippen LogP) is 1.21. The Balaban J connectivity index is 2.11. The molecule has 1 aliphatic rings. The number of aromatic nitrogens is 1. The lowest BCUT2D eigenvalue weighted by atomic mass is 9.92. The van der Waals surface area contributed by atoms with E-state index in [9.17, 15) is 4.79 Å². The van der Waals surface area contributed by atoms with Gasteiger partial charge in [0.2, 0.25) is 0 Å². The van der Waals surface area contributed by atoms with E-state index in [0.29, 0.717) is 0 Å². The Hall–Kier alpha value is -1.42. The number of carbonyl (C=O) groups is 1. The van der Waals surface area contributed by atoms with Gasteiger partial charge < -0.3 is 10.4 Å². The summed E-state index contributed by atoms with van der Waals surface area (Å²) >= 11 is 0. The van der Waals surface area contributed by atoms with Crippen molar-refractivity contribution in [3.8, 4) is 0 Å². The minimum absolute atomic E-state index is 0.148. The van der Waals surface area contributed by atoms with Gasteiger partial charge in [0, 0.05) is 18.4 Å². The summed E-state index contributed by atoms with van der Waals surface area (Å²) in [6.07, 6.45) is 4.68. The number of nitrogens with one attached hydrogen (secondary N) is 1. The van der Waals surface area contributed by atoms with Crippen molar-refractivity contribution in [1.82, 2.24) is 10.3 Å². The van der Waals surface area contributed by atoms with Crippen molar-refractivity contribution < 1.29 is 9.90 Å². The molecule has 4 nitrogen and oxygen atoms in total. The van der Waals surface area contributed by atoms with Gasteiger partial charge in [-0.3, -0.25) is 9.78 Å². The molecule has 2 unspecified atom stereocenters. The van der Waals surface area contributed by atoms with Gasteiger partial charge in [-0.05, 0) is 30.5 Å². The van der Waals surface area contributed by atoms with E-state index in [-0.39, 0.29) is 18.4 Å². The van der Waals surface area contributed by atoms with Crippen LogP contribution in [0.2, 0.25) is 0 Å². The first-order chi connectivity index (χ1) is 7.27. The number of aliphatic carboxylic acids is 1. The van der Waals surface area contributed by atoms with Gasteiger partial charge in [0.1, 0.15) is 0 Å². The zero-order valence-corrected chi connectivity index (χ0v) is 8.39. The van der Waals surface area contributed by atoms with E-state index in [4.69, 9.17) is 5.11 Å². The molecule has 2 rings (SSSR count). The lowest BCUT2D eigenvalue weighted by molar-refractivity contribution is -0.138. The van der Waals surface area contributed by atoms with Crippen molar-refractivity contribution in [2.24, 2.45) is 5.92 Å². The van der Waals surface area contributed by atoms with Crippen LogP contribution < -0.4 is 5.32 Å². The minimum Gasteiger partial charge on any atom is -0.481 e. The molecular weight excluding hydrogens is 192 g/mol. The van der Waals surface area contributed by atoms with Crippen LogP contribution in [-0.4, -0.2) is 22.6 Å². The fraction of sp³-hybridized carbons (Fsp3) is 0.455. The third-order valence-electron chi connectivity index (χ3n) is 2.83. The van der Waals surface area contributed by atoms with Gasteiger partial charge in [0.05, 0.1) is 6.42 Å². The normalized spacial score (nSPS) is 25.3. The summed E-state index contributed by atoms with van der Waals surface area (Å²) in [4.78, 5) is 14.7. The summed E-state index contributed by atoms with van der Waals surface area (Å²) < 4.78 is 0. The SMILES string of the molecule is O=C(O)CC1CCNC1c1cccnc1. The van der Waals surface area contributed by atoms with Gasteiger partial charge in [-0.25, -0.2) is 0 Å². The number of nitrogens with zero attached hydrogens (tertiary/aromatic N) is 1. The molecule has 0 amide bonds. The average molecular weight is 206 g/mol. The van der Waals surface area contributed by atoms with Crippen LogP contribution in [0.4, 0.5) is 0 Å². The summed E-state index contributed by atoms with van der Waals surface area (Å²) in [5.74, 6) is -0.538. The monoisotopic (exact) mass is 206 g/mol. The van der Waals surface area contributed by atoms with E-state index in [1.807, 2.05) is 12.1 Å². The highest BCUT2D eigenvalue weighted by Gasteiger charge is 2.29. The summed E-state index contributed by atoms with van der Waals surface area (Å²) in [6.45, 7) is 0.886. The van der Waals surface area contributed by atoms with Crippen molar-refractivity contribution in [2.75, 3.05) is 6.54 Å². The third kappa shape index (κ3) is 2.33. The van der Waals surface area contributed by atoms with E-state index in [0.717, 1.165) is 18.5 Å². The lowest BCUT2D eigenvalue weighted by Gasteiger charge is -2.17. The Bertz CT molecular complexity index is 340. The van der Waals surface area contributed by atoms with E-state index in [1.165, 1.54) is 0 Å². The van der Waals surface area contributed by atoms with Crippen molar-refractivity contribution in [1.29, 1.82) is 0 Å². The molecule has 0 bridgehead atoms. The molecule has 1 fully saturated rings. The number of hydrogen-bond acceptors (Lipinski definition) is 3. The molecule has 2 heterocycles. The van der Waals surface area contributed by atoms with Gasteiger partial charge in [0.25, 0.3) is 0 Å². The Labute approximate surface area is 88.3 Å². The summed E-state index contributed by atoms with van der Waals surface area (Å²) in [6, 6.07) is 4.02. The van der Waals surface area contributed by atoms with Crippen LogP contribution in [0.5, 0.6) is 0 Å². The molecule has 2 N–H and O–H groups in total. The molecule has 1 saturated heterocycles. The fourth-order valence-electron chi connectivity index (χ4n) is 2.15. The molecule has 15 heavy (non-hydrogen) atoms. The number of rotatable bonds is 3. The molecule has 0 saturated carbocycles. The maximum Gasteiger partial charge on any atom is 0.303 e. The van der Waals surface area contributed by atoms with Crippen molar-refractivity contribution >= 4 is 5.97 Å². The molecule has 0 aromatic carbocycles. The van der Waals surface area contributed by atoms with Gasteiger partial charge in [-0.15, -0.1) is 0 Å². The zero-order chi connectivity index (χ0) is 10.7. The first kappa shape index (κ1) is 10.1. The van der Waals surface area contributed by atoms with Crippen LogP contribution >= 0.6 is 0 Å². The summed E-state index contributed by atoms with van der Waals surface area (Å²) in [5, 5.41) is 12.1. The standard InChI is InChI=1S/C11H14N2O2/c14-10(15)6-8-3-5-13-11(8)9-2-1-4-12-7-9/h1-2,4,7-8,11,13H,3,5-6H2,(H,14,15). The van der Waals surface area contributed by atoms with Crippen LogP contribution in [-0.2, 0) is 4.79 Å². The highest BCUT2D eigenvalue weighted by Crippen LogP contribution is 2.31. The van der Waals surface area contributed by atoms with Crippen LogP contribution in [0.3, 0.4) is 0 Å². The Morgan fingerprint density at radius 2 is 2.53 bits per heavy atom. The molecule has 0 spiro atoms. The molecule has 1 aromatic heterocycles. The first-order valence-electron chi connectivity index (χ1n) is 5.12. The van der Waals surface area contributed by atoms with Gasteiger partial charge in [-0.1, -0.05) is 6.07 Å². The topological polar surface area (TPSA) is 62.2 Å².